The minimum absolute atomic E-state index is 0.155. The van der Waals surface area contributed by atoms with Crippen LogP contribution in [0.2, 0.25) is 5.02 Å². The van der Waals surface area contributed by atoms with Gasteiger partial charge in [0.15, 0.2) is 0 Å². The fraction of sp³-hybridized carbons (Fsp3) is 0.300. The lowest BCUT2D eigenvalue weighted by Gasteiger charge is -2.07. The minimum atomic E-state index is -0.155. The van der Waals surface area contributed by atoms with E-state index in [-0.39, 0.29) is 5.91 Å². The van der Waals surface area contributed by atoms with Crippen molar-refractivity contribution in [1.29, 1.82) is 0 Å². The molecular formula is C20H23ClN2O2. The summed E-state index contributed by atoms with van der Waals surface area (Å²) < 4.78 is 5.52. The summed E-state index contributed by atoms with van der Waals surface area (Å²) in [5.41, 5.74) is 6.63. The summed E-state index contributed by atoms with van der Waals surface area (Å²) in [6.45, 7) is 6.70. The standard InChI is InChI=1S/C20H23ClN2O2/c1-4-9-25-19-8-6-16(11-18(19)21)13-22-23-20(24)12-17-7-5-14(2)10-15(17)3/h5-8,10-11,13H,4,9,12H2,1-3H3,(H,23,24)/b22-13-. The van der Waals surface area contributed by atoms with E-state index in [4.69, 9.17) is 16.3 Å². The van der Waals surface area contributed by atoms with Gasteiger partial charge < -0.3 is 4.74 Å². The molecule has 1 N–H and O–H groups in total. The molecule has 5 heteroatoms. The molecule has 0 saturated heterocycles. The van der Waals surface area contributed by atoms with Gasteiger partial charge in [0.25, 0.3) is 0 Å². The van der Waals surface area contributed by atoms with Gasteiger partial charge in [-0.05, 0) is 55.2 Å². The van der Waals surface area contributed by atoms with E-state index in [1.54, 1.807) is 18.3 Å². The summed E-state index contributed by atoms with van der Waals surface area (Å²) in [5, 5.41) is 4.52. The smallest absolute Gasteiger partial charge is 0.244 e. The van der Waals surface area contributed by atoms with Crippen molar-refractivity contribution < 1.29 is 9.53 Å². The number of halogens is 1. The molecule has 0 heterocycles. The monoisotopic (exact) mass is 358 g/mol. The van der Waals surface area contributed by atoms with E-state index in [0.29, 0.717) is 23.8 Å². The van der Waals surface area contributed by atoms with E-state index in [0.717, 1.165) is 23.1 Å². The molecule has 0 spiro atoms. The molecule has 0 saturated carbocycles. The Kier molecular flexibility index (Phi) is 7.02. The Bertz CT molecular complexity index is 772. The highest BCUT2D eigenvalue weighted by atomic mass is 35.5. The molecule has 2 rings (SSSR count). The van der Waals surface area contributed by atoms with E-state index >= 15 is 0 Å². The predicted molar refractivity (Wildman–Crippen MR) is 103 cm³/mol. The first-order chi connectivity index (χ1) is 12.0. The first-order valence-corrected chi connectivity index (χ1v) is 8.67. The number of carbonyl (C=O) groups is 1. The van der Waals surface area contributed by atoms with Gasteiger partial charge in [-0.15, -0.1) is 0 Å². The van der Waals surface area contributed by atoms with Crippen LogP contribution in [0.15, 0.2) is 41.5 Å². The van der Waals surface area contributed by atoms with Crippen molar-refractivity contribution >= 4 is 23.7 Å². The van der Waals surface area contributed by atoms with Crippen LogP contribution in [-0.2, 0) is 11.2 Å². The van der Waals surface area contributed by atoms with Crippen molar-refractivity contribution in [2.24, 2.45) is 5.10 Å². The molecule has 0 fully saturated rings. The molecule has 25 heavy (non-hydrogen) atoms. The third kappa shape index (κ3) is 5.91. The number of ether oxygens (including phenoxy) is 1. The third-order valence-electron chi connectivity index (χ3n) is 3.67. The summed E-state index contributed by atoms with van der Waals surface area (Å²) >= 11 is 6.17. The van der Waals surface area contributed by atoms with Gasteiger partial charge in [-0.3, -0.25) is 4.79 Å². The van der Waals surface area contributed by atoms with E-state index in [9.17, 15) is 4.79 Å². The maximum Gasteiger partial charge on any atom is 0.244 e. The minimum Gasteiger partial charge on any atom is -0.492 e. The van der Waals surface area contributed by atoms with Crippen LogP contribution in [-0.4, -0.2) is 18.7 Å². The highest BCUT2D eigenvalue weighted by Crippen LogP contribution is 2.25. The van der Waals surface area contributed by atoms with Gasteiger partial charge in [-0.25, -0.2) is 5.43 Å². The van der Waals surface area contributed by atoms with Gasteiger partial charge in [0.05, 0.1) is 24.3 Å². The number of carbonyl (C=O) groups excluding carboxylic acids is 1. The van der Waals surface area contributed by atoms with Crippen molar-refractivity contribution in [2.45, 2.75) is 33.6 Å². The number of rotatable bonds is 7. The van der Waals surface area contributed by atoms with Crippen molar-refractivity contribution in [3.05, 3.63) is 63.7 Å². The Morgan fingerprint density at radius 2 is 2.04 bits per heavy atom. The quantitative estimate of drug-likeness (QED) is 0.587. The Morgan fingerprint density at radius 1 is 1.24 bits per heavy atom. The van der Waals surface area contributed by atoms with Gasteiger partial charge in [-0.1, -0.05) is 42.3 Å². The fourth-order valence-corrected chi connectivity index (χ4v) is 2.61. The molecule has 0 radical (unpaired) electrons. The second kappa shape index (κ2) is 9.23. The van der Waals surface area contributed by atoms with Crippen LogP contribution in [0, 0.1) is 13.8 Å². The van der Waals surface area contributed by atoms with Crippen molar-refractivity contribution in [1.82, 2.24) is 5.43 Å². The van der Waals surface area contributed by atoms with Crippen LogP contribution in [0.5, 0.6) is 5.75 Å². The number of nitrogens with zero attached hydrogens (tertiary/aromatic N) is 1. The SMILES string of the molecule is CCCOc1ccc(/C=N\NC(=O)Cc2ccc(C)cc2C)cc1Cl. The van der Waals surface area contributed by atoms with E-state index < -0.39 is 0 Å². The molecule has 0 aliphatic rings. The van der Waals surface area contributed by atoms with E-state index in [1.165, 1.54) is 5.56 Å². The van der Waals surface area contributed by atoms with E-state index in [1.807, 2.05) is 39.0 Å². The molecule has 0 aromatic heterocycles. The Hall–Kier alpha value is -2.33. The summed E-state index contributed by atoms with van der Waals surface area (Å²) in [7, 11) is 0. The van der Waals surface area contributed by atoms with Gasteiger partial charge >= 0.3 is 0 Å². The van der Waals surface area contributed by atoms with Gasteiger partial charge in [-0.2, -0.15) is 5.10 Å². The molecule has 4 nitrogen and oxygen atoms in total. The first kappa shape index (κ1) is 19.0. The first-order valence-electron chi connectivity index (χ1n) is 8.30. The van der Waals surface area contributed by atoms with E-state index in [2.05, 4.69) is 16.6 Å². The summed E-state index contributed by atoms with van der Waals surface area (Å²) in [5.74, 6) is 0.497. The molecule has 1 amide bonds. The van der Waals surface area contributed by atoms with Crippen LogP contribution in [0.1, 0.15) is 35.6 Å². The average Bonchev–Trinajstić information content (AvgIpc) is 2.57. The molecule has 0 unspecified atom stereocenters. The maximum absolute atomic E-state index is 12.0. The van der Waals surface area contributed by atoms with Gasteiger partial charge in [0.2, 0.25) is 5.91 Å². The van der Waals surface area contributed by atoms with Crippen LogP contribution in [0.25, 0.3) is 0 Å². The number of amides is 1. The zero-order valence-corrected chi connectivity index (χ0v) is 15.6. The lowest BCUT2D eigenvalue weighted by atomic mass is 10.0. The number of hydrogen-bond acceptors (Lipinski definition) is 3. The third-order valence-corrected chi connectivity index (χ3v) is 3.96. The van der Waals surface area contributed by atoms with Crippen LogP contribution >= 0.6 is 11.6 Å². The summed E-state index contributed by atoms with van der Waals surface area (Å²) in [4.78, 5) is 12.0. The fourth-order valence-electron chi connectivity index (χ4n) is 2.36. The number of benzene rings is 2. The molecule has 132 valence electrons. The molecule has 2 aromatic carbocycles. The lowest BCUT2D eigenvalue weighted by Crippen LogP contribution is -2.20. The zero-order valence-electron chi connectivity index (χ0n) is 14.8. The molecule has 0 bridgehead atoms. The largest absolute Gasteiger partial charge is 0.492 e. The zero-order chi connectivity index (χ0) is 18.2. The maximum atomic E-state index is 12.0. The number of nitrogens with one attached hydrogen (secondary N) is 1. The second-order valence-corrected chi connectivity index (χ2v) is 6.35. The Labute approximate surface area is 153 Å². The molecular weight excluding hydrogens is 336 g/mol. The second-order valence-electron chi connectivity index (χ2n) is 5.94. The number of aryl methyl sites for hydroxylation is 2. The Morgan fingerprint density at radius 3 is 2.72 bits per heavy atom. The molecule has 0 aliphatic heterocycles. The summed E-state index contributed by atoms with van der Waals surface area (Å²) in [6, 6.07) is 11.4. The van der Waals surface area contributed by atoms with Gasteiger partial charge in [0, 0.05) is 0 Å². The van der Waals surface area contributed by atoms with Crippen LogP contribution < -0.4 is 10.2 Å². The highest BCUT2D eigenvalue weighted by Gasteiger charge is 2.05. The molecule has 0 atom stereocenters. The van der Waals surface area contributed by atoms with Crippen LogP contribution in [0.3, 0.4) is 0 Å². The number of hydrogen-bond donors (Lipinski definition) is 1. The topological polar surface area (TPSA) is 50.7 Å². The normalized spacial score (nSPS) is 10.9. The molecule has 0 aliphatic carbocycles. The highest BCUT2D eigenvalue weighted by molar-refractivity contribution is 6.32. The lowest BCUT2D eigenvalue weighted by molar-refractivity contribution is -0.120. The molecule has 2 aromatic rings. The van der Waals surface area contributed by atoms with Crippen LogP contribution in [0.4, 0.5) is 0 Å². The Balaban J connectivity index is 1.91. The van der Waals surface area contributed by atoms with Crippen molar-refractivity contribution in [3.8, 4) is 5.75 Å². The van der Waals surface area contributed by atoms with Crippen molar-refractivity contribution in [2.75, 3.05) is 6.61 Å². The van der Waals surface area contributed by atoms with Gasteiger partial charge in [0.1, 0.15) is 5.75 Å². The predicted octanol–water partition coefficient (Wildman–Crippen LogP) is 4.44. The average molecular weight is 359 g/mol. The number of hydrazone groups is 1. The van der Waals surface area contributed by atoms with Crippen molar-refractivity contribution in [3.63, 3.8) is 0 Å². The summed E-state index contributed by atoms with van der Waals surface area (Å²) in [6.07, 6.45) is 2.79.